The number of anilines is 1. The Morgan fingerprint density at radius 1 is 0.962 bits per heavy atom. The van der Waals surface area contributed by atoms with Crippen molar-refractivity contribution in [1.82, 2.24) is 0 Å². The zero-order valence-corrected chi connectivity index (χ0v) is 15.6. The third-order valence-electron chi connectivity index (χ3n) is 3.93. The average molecular weight is 390 g/mol. The van der Waals surface area contributed by atoms with Crippen molar-refractivity contribution in [1.29, 1.82) is 0 Å². The summed E-state index contributed by atoms with van der Waals surface area (Å²) in [4.78, 5) is -0.359. The van der Waals surface area contributed by atoms with Crippen LogP contribution in [-0.2, 0) is 16.6 Å². The standard InChI is InChI=1S/C20H17ClFNO2S/c1-15-5-4-6-16(13-15)14-23(18-11-9-17(21)10-12-18)26(24,25)20-8-3-2-7-19(20)22/h2-13H,14H2,1H3. The van der Waals surface area contributed by atoms with Crippen molar-refractivity contribution in [3.05, 3.63) is 94.8 Å². The van der Waals surface area contributed by atoms with Gasteiger partial charge in [-0.2, -0.15) is 0 Å². The van der Waals surface area contributed by atoms with Gasteiger partial charge in [0.2, 0.25) is 0 Å². The Balaban J connectivity index is 2.11. The first-order valence-corrected chi connectivity index (χ1v) is 9.78. The van der Waals surface area contributed by atoms with Gasteiger partial charge in [0.15, 0.2) is 0 Å². The molecule has 0 amide bonds. The van der Waals surface area contributed by atoms with E-state index in [4.69, 9.17) is 11.6 Å². The highest BCUT2D eigenvalue weighted by atomic mass is 35.5. The van der Waals surface area contributed by atoms with Crippen LogP contribution in [0.2, 0.25) is 5.02 Å². The van der Waals surface area contributed by atoms with E-state index in [1.165, 1.54) is 22.5 Å². The van der Waals surface area contributed by atoms with E-state index in [-0.39, 0.29) is 11.4 Å². The van der Waals surface area contributed by atoms with Crippen LogP contribution in [0.1, 0.15) is 11.1 Å². The minimum atomic E-state index is -4.09. The second-order valence-electron chi connectivity index (χ2n) is 5.91. The molecular weight excluding hydrogens is 373 g/mol. The fourth-order valence-electron chi connectivity index (χ4n) is 2.67. The molecule has 0 aliphatic heterocycles. The Hall–Kier alpha value is -2.37. The van der Waals surface area contributed by atoms with E-state index in [9.17, 15) is 12.8 Å². The summed E-state index contributed by atoms with van der Waals surface area (Å²) in [5.41, 5.74) is 2.24. The van der Waals surface area contributed by atoms with Gasteiger partial charge < -0.3 is 0 Å². The van der Waals surface area contributed by atoms with Crippen molar-refractivity contribution in [2.75, 3.05) is 4.31 Å². The van der Waals surface area contributed by atoms with E-state index in [2.05, 4.69) is 0 Å². The Labute approximate surface area is 157 Å². The number of halogens is 2. The van der Waals surface area contributed by atoms with Crippen LogP contribution < -0.4 is 4.31 Å². The zero-order chi connectivity index (χ0) is 18.7. The molecule has 134 valence electrons. The maximum absolute atomic E-state index is 14.2. The predicted molar refractivity (Wildman–Crippen MR) is 102 cm³/mol. The lowest BCUT2D eigenvalue weighted by Gasteiger charge is -2.25. The molecule has 0 spiro atoms. The molecule has 0 heterocycles. The molecule has 3 nitrogen and oxygen atoms in total. The van der Waals surface area contributed by atoms with Gasteiger partial charge in [0.25, 0.3) is 10.0 Å². The molecule has 6 heteroatoms. The van der Waals surface area contributed by atoms with Gasteiger partial charge in [0.05, 0.1) is 12.2 Å². The van der Waals surface area contributed by atoms with Crippen LogP contribution in [0.25, 0.3) is 0 Å². The molecule has 0 aliphatic carbocycles. The van der Waals surface area contributed by atoms with Crippen molar-refractivity contribution in [2.24, 2.45) is 0 Å². The van der Waals surface area contributed by atoms with Crippen LogP contribution in [0, 0.1) is 12.7 Å². The number of sulfonamides is 1. The van der Waals surface area contributed by atoms with Crippen molar-refractivity contribution in [3.8, 4) is 0 Å². The van der Waals surface area contributed by atoms with Gasteiger partial charge in [0, 0.05) is 5.02 Å². The molecule has 0 radical (unpaired) electrons. The Kier molecular flexibility index (Phi) is 5.30. The molecule has 0 saturated heterocycles. The number of hydrogen-bond donors (Lipinski definition) is 0. The fourth-order valence-corrected chi connectivity index (χ4v) is 4.32. The average Bonchev–Trinajstić information content (AvgIpc) is 2.61. The number of rotatable bonds is 5. The van der Waals surface area contributed by atoms with Gasteiger partial charge in [0.1, 0.15) is 10.7 Å². The van der Waals surface area contributed by atoms with Crippen LogP contribution >= 0.6 is 11.6 Å². The second kappa shape index (κ2) is 7.48. The molecule has 3 aromatic carbocycles. The van der Waals surface area contributed by atoms with Gasteiger partial charge in [-0.1, -0.05) is 53.6 Å². The first-order valence-electron chi connectivity index (χ1n) is 7.96. The van der Waals surface area contributed by atoms with Gasteiger partial charge in [-0.3, -0.25) is 4.31 Å². The van der Waals surface area contributed by atoms with Crippen molar-refractivity contribution < 1.29 is 12.8 Å². The molecule has 3 aromatic rings. The molecule has 0 aliphatic rings. The van der Waals surface area contributed by atoms with Crippen molar-refractivity contribution in [2.45, 2.75) is 18.4 Å². The number of hydrogen-bond acceptors (Lipinski definition) is 2. The van der Waals surface area contributed by atoms with Gasteiger partial charge in [-0.05, 0) is 48.9 Å². The molecule has 0 saturated carbocycles. The summed E-state index contributed by atoms with van der Waals surface area (Å²) >= 11 is 5.93. The predicted octanol–water partition coefficient (Wildman–Crippen LogP) is 5.18. The third kappa shape index (κ3) is 3.89. The first kappa shape index (κ1) is 18.4. The Morgan fingerprint density at radius 2 is 1.65 bits per heavy atom. The lowest BCUT2D eigenvalue weighted by Crippen LogP contribution is -2.31. The van der Waals surface area contributed by atoms with Crippen LogP contribution in [-0.4, -0.2) is 8.42 Å². The number of benzene rings is 3. The molecule has 0 unspecified atom stereocenters. The maximum Gasteiger partial charge on any atom is 0.267 e. The van der Waals surface area contributed by atoms with Gasteiger partial charge in [-0.15, -0.1) is 0 Å². The number of nitrogens with zero attached hydrogens (tertiary/aromatic N) is 1. The quantitative estimate of drug-likeness (QED) is 0.602. The topological polar surface area (TPSA) is 37.4 Å². The maximum atomic E-state index is 14.2. The summed E-state index contributed by atoms with van der Waals surface area (Å²) < 4.78 is 41.8. The van der Waals surface area contributed by atoms with Gasteiger partial charge >= 0.3 is 0 Å². The van der Waals surface area contributed by atoms with E-state index >= 15 is 0 Å². The van der Waals surface area contributed by atoms with Gasteiger partial charge in [-0.25, -0.2) is 12.8 Å². The third-order valence-corrected chi connectivity index (χ3v) is 5.99. The second-order valence-corrected chi connectivity index (χ2v) is 8.17. The molecule has 0 bridgehead atoms. The van der Waals surface area contributed by atoms with E-state index in [1.54, 1.807) is 24.3 Å². The molecule has 0 atom stereocenters. The van der Waals surface area contributed by atoms with E-state index in [0.717, 1.165) is 17.2 Å². The monoisotopic (exact) mass is 389 g/mol. The highest BCUT2D eigenvalue weighted by molar-refractivity contribution is 7.92. The van der Waals surface area contributed by atoms with Crippen LogP contribution in [0.5, 0.6) is 0 Å². The van der Waals surface area contributed by atoms with Crippen LogP contribution in [0.15, 0.2) is 77.7 Å². The minimum Gasteiger partial charge on any atom is -0.262 e. The lowest BCUT2D eigenvalue weighted by molar-refractivity contribution is 0.563. The molecule has 0 N–H and O–H groups in total. The largest absolute Gasteiger partial charge is 0.267 e. The van der Waals surface area contributed by atoms with E-state index in [1.807, 2.05) is 31.2 Å². The normalized spacial score (nSPS) is 11.3. The summed E-state index contributed by atoms with van der Waals surface area (Å²) in [7, 11) is -4.09. The van der Waals surface area contributed by atoms with E-state index < -0.39 is 15.8 Å². The van der Waals surface area contributed by atoms with E-state index in [0.29, 0.717) is 10.7 Å². The van der Waals surface area contributed by atoms with Crippen LogP contribution in [0.3, 0.4) is 0 Å². The molecular formula is C20H17ClFNO2S. The Morgan fingerprint density at radius 3 is 2.31 bits per heavy atom. The SMILES string of the molecule is Cc1cccc(CN(c2ccc(Cl)cc2)S(=O)(=O)c2ccccc2F)c1. The summed E-state index contributed by atoms with van der Waals surface area (Å²) in [6.07, 6.45) is 0. The molecule has 0 fully saturated rings. The smallest absolute Gasteiger partial charge is 0.262 e. The fraction of sp³-hybridized carbons (Fsp3) is 0.100. The summed E-state index contributed by atoms with van der Waals surface area (Å²) in [6, 6.07) is 19.3. The highest BCUT2D eigenvalue weighted by Gasteiger charge is 2.28. The van der Waals surface area contributed by atoms with Crippen molar-refractivity contribution in [3.63, 3.8) is 0 Å². The lowest BCUT2D eigenvalue weighted by atomic mass is 10.1. The summed E-state index contributed by atoms with van der Waals surface area (Å²) in [6.45, 7) is 2.02. The molecule has 3 rings (SSSR count). The minimum absolute atomic E-state index is 0.0833. The first-order chi connectivity index (χ1) is 12.4. The highest BCUT2D eigenvalue weighted by Crippen LogP contribution is 2.28. The summed E-state index contributed by atoms with van der Waals surface area (Å²) in [5.74, 6) is -0.782. The zero-order valence-electron chi connectivity index (χ0n) is 14.1. The molecule has 0 aromatic heterocycles. The Bertz CT molecular complexity index is 1020. The number of aryl methyl sites for hydroxylation is 1. The molecule has 26 heavy (non-hydrogen) atoms. The van der Waals surface area contributed by atoms with Crippen molar-refractivity contribution >= 4 is 27.3 Å². The summed E-state index contributed by atoms with van der Waals surface area (Å²) in [5, 5.41) is 0.493. The van der Waals surface area contributed by atoms with Crippen LogP contribution in [0.4, 0.5) is 10.1 Å².